The first-order valence-corrected chi connectivity index (χ1v) is 19.9. The molecule has 1 saturated carbocycles. The molecular formula is C41H45N5O7S. The molecule has 7 rings (SSSR count). The van der Waals surface area contributed by atoms with E-state index in [1.165, 1.54) is 17.9 Å². The van der Waals surface area contributed by atoms with Gasteiger partial charge in [-0.2, -0.15) is 0 Å². The molecule has 0 bridgehead atoms. The minimum absolute atomic E-state index is 0.0456. The molecule has 3 amide bonds. The number of allylic oxidation sites excluding steroid dienone is 1. The fourth-order valence-corrected chi connectivity index (χ4v) is 8.66. The van der Waals surface area contributed by atoms with Gasteiger partial charge in [0.2, 0.25) is 11.8 Å². The van der Waals surface area contributed by atoms with Gasteiger partial charge in [0.25, 0.3) is 15.9 Å². The highest BCUT2D eigenvalue weighted by molar-refractivity contribution is 7.90. The number of nitrogens with zero attached hydrogens (tertiary/aromatic N) is 2. The lowest BCUT2D eigenvalue weighted by molar-refractivity contribution is -0.138. The van der Waals surface area contributed by atoms with Crippen molar-refractivity contribution >= 4 is 44.3 Å². The zero-order chi connectivity index (χ0) is 37.9. The van der Waals surface area contributed by atoms with Crippen molar-refractivity contribution in [3.8, 4) is 22.8 Å². The second kappa shape index (κ2) is 15.5. The molecule has 282 valence electrons. The molecular weight excluding hydrogens is 707 g/mol. The third-order valence-electron chi connectivity index (χ3n) is 10.5. The van der Waals surface area contributed by atoms with Crippen LogP contribution in [0.1, 0.15) is 51.9 Å². The molecule has 4 aromatic rings. The lowest BCUT2D eigenvalue weighted by Crippen LogP contribution is -2.56. The molecule has 2 fully saturated rings. The standard InChI is InChI=1S/C41H45N5O7S/c1-27(47)46-26-31(53-37-24-34(28-14-8-7-9-15-28)43-35-22-30(52-2)19-20-32(35)37)23-36(46)39(48)44-41-25-29(41)16-10-5-3-4-6-13-21-42-33-17-11-12-18-38(33)54(50,51)45-40(41)49/h7-12,14-20,22,24,29,31,36,42H,3-6,13,21,23,25-26H2,1-2H3,(H,44,48)(H,45,49)/b16-10-/t29-,31-,36+,41-/m1/s1. The largest absolute Gasteiger partial charge is 0.497 e. The van der Waals surface area contributed by atoms with Crippen molar-refractivity contribution in [3.05, 3.63) is 91.0 Å². The average Bonchev–Trinajstić information content (AvgIpc) is 3.69. The van der Waals surface area contributed by atoms with E-state index in [0.717, 1.165) is 43.1 Å². The molecule has 3 heterocycles. The normalized spacial score (nSPS) is 24.6. The van der Waals surface area contributed by atoms with Crippen LogP contribution in [0.4, 0.5) is 5.69 Å². The number of nitrogens with one attached hydrogen (secondary N) is 3. The first-order chi connectivity index (χ1) is 26.1. The molecule has 1 aliphatic carbocycles. The summed E-state index contributed by atoms with van der Waals surface area (Å²) in [7, 11) is -2.72. The molecule has 54 heavy (non-hydrogen) atoms. The number of anilines is 1. The second-order valence-corrected chi connectivity index (χ2v) is 15.8. The number of methoxy groups -OCH3 is 1. The zero-order valence-electron chi connectivity index (χ0n) is 30.4. The number of carbonyl (C=O) groups is 3. The van der Waals surface area contributed by atoms with E-state index in [4.69, 9.17) is 14.5 Å². The Morgan fingerprint density at radius 3 is 2.56 bits per heavy atom. The van der Waals surface area contributed by atoms with Gasteiger partial charge < -0.3 is 25.0 Å². The molecule has 0 spiro atoms. The highest BCUT2D eigenvalue weighted by Gasteiger charge is 2.61. The lowest BCUT2D eigenvalue weighted by Gasteiger charge is -2.25. The first kappa shape index (κ1) is 36.9. The maximum Gasteiger partial charge on any atom is 0.266 e. The van der Waals surface area contributed by atoms with Gasteiger partial charge in [-0.1, -0.05) is 67.5 Å². The van der Waals surface area contributed by atoms with Crippen LogP contribution in [0, 0.1) is 5.92 Å². The van der Waals surface area contributed by atoms with Crippen molar-refractivity contribution in [2.75, 3.05) is 25.5 Å². The summed E-state index contributed by atoms with van der Waals surface area (Å²) in [5, 5.41) is 6.86. The van der Waals surface area contributed by atoms with Crippen LogP contribution in [0.5, 0.6) is 11.5 Å². The molecule has 12 nitrogen and oxygen atoms in total. The minimum Gasteiger partial charge on any atom is -0.497 e. The molecule has 1 aromatic heterocycles. The average molecular weight is 752 g/mol. The summed E-state index contributed by atoms with van der Waals surface area (Å²) in [4.78, 5) is 47.5. The number of pyridine rings is 1. The SMILES string of the molecule is COc1ccc2c(O[C@@H]3C[C@@H](C(=O)N[C@]45C[C@H]4/C=C\CCCCCCNc4ccccc4S(=O)(=O)NC5=O)N(C(C)=O)C3)cc(-c3ccccc3)nc2c1. The highest BCUT2D eigenvalue weighted by Crippen LogP contribution is 2.46. The van der Waals surface area contributed by atoms with Gasteiger partial charge in [0.1, 0.15) is 34.1 Å². The Hall–Kier alpha value is -5.43. The summed E-state index contributed by atoms with van der Waals surface area (Å²) in [6, 6.07) is 22.6. The molecule has 3 aromatic carbocycles. The van der Waals surface area contributed by atoms with Gasteiger partial charge in [0.15, 0.2) is 0 Å². The summed E-state index contributed by atoms with van der Waals surface area (Å²) in [6.45, 7) is 2.12. The van der Waals surface area contributed by atoms with Gasteiger partial charge in [-0.15, -0.1) is 0 Å². The van der Waals surface area contributed by atoms with E-state index in [0.29, 0.717) is 34.9 Å². The van der Waals surface area contributed by atoms with Crippen molar-refractivity contribution in [2.24, 2.45) is 5.92 Å². The van der Waals surface area contributed by atoms with Crippen LogP contribution in [-0.4, -0.2) is 73.9 Å². The summed E-state index contributed by atoms with van der Waals surface area (Å²) < 4.78 is 41.6. The number of benzene rings is 3. The Balaban J connectivity index is 1.14. The number of hydrogen-bond donors (Lipinski definition) is 3. The number of para-hydroxylation sites is 1. The number of hydrogen-bond acceptors (Lipinski definition) is 9. The van der Waals surface area contributed by atoms with Crippen molar-refractivity contribution < 1.29 is 32.3 Å². The van der Waals surface area contributed by atoms with Crippen molar-refractivity contribution in [1.29, 1.82) is 0 Å². The number of amides is 3. The Kier molecular flexibility index (Phi) is 10.6. The van der Waals surface area contributed by atoms with Crippen LogP contribution < -0.4 is 24.8 Å². The third-order valence-corrected chi connectivity index (χ3v) is 11.9. The Labute approximate surface area is 315 Å². The Morgan fingerprint density at radius 1 is 0.981 bits per heavy atom. The van der Waals surface area contributed by atoms with Crippen molar-refractivity contribution in [1.82, 2.24) is 19.9 Å². The minimum atomic E-state index is -4.30. The van der Waals surface area contributed by atoms with Gasteiger partial charge in [0, 0.05) is 48.9 Å². The first-order valence-electron chi connectivity index (χ1n) is 18.4. The molecule has 13 heteroatoms. The van der Waals surface area contributed by atoms with E-state index in [2.05, 4.69) is 15.4 Å². The van der Waals surface area contributed by atoms with E-state index >= 15 is 0 Å². The van der Waals surface area contributed by atoms with Crippen LogP contribution in [0.15, 0.2) is 95.9 Å². The molecule has 1 saturated heterocycles. The maximum atomic E-state index is 14.2. The number of carbonyl (C=O) groups excluding carboxylic acids is 3. The summed E-state index contributed by atoms with van der Waals surface area (Å²) >= 11 is 0. The van der Waals surface area contributed by atoms with Crippen LogP contribution in [0.3, 0.4) is 0 Å². The number of ether oxygens (including phenoxy) is 2. The van der Waals surface area contributed by atoms with Gasteiger partial charge in [0.05, 0.1) is 30.6 Å². The van der Waals surface area contributed by atoms with E-state index < -0.39 is 45.4 Å². The molecule has 0 unspecified atom stereocenters. The quantitative estimate of drug-likeness (QED) is 0.214. The second-order valence-electron chi connectivity index (χ2n) is 14.2. The summed E-state index contributed by atoms with van der Waals surface area (Å²) in [5.41, 5.74) is 1.14. The number of aromatic nitrogens is 1. The predicted octanol–water partition coefficient (Wildman–Crippen LogP) is 5.59. The Morgan fingerprint density at radius 2 is 1.76 bits per heavy atom. The van der Waals surface area contributed by atoms with Gasteiger partial charge in [-0.05, 0) is 49.9 Å². The lowest BCUT2D eigenvalue weighted by atomic mass is 10.1. The van der Waals surface area contributed by atoms with E-state index in [1.807, 2.05) is 66.7 Å². The summed E-state index contributed by atoms with van der Waals surface area (Å²) in [5.74, 6) is -0.937. The predicted molar refractivity (Wildman–Crippen MR) is 205 cm³/mol. The molecule has 4 atom stereocenters. The number of sulfonamides is 1. The number of fused-ring (bicyclic) bond motifs is 3. The topological polar surface area (TPSA) is 156 Å². The molecule has 2 aliphatic heterocycles. The Bertz CT molecular complexity index is 2190. The van der Waals surface area contributed by atoms with Crippen molar-refractivity contribution in [2.45, 2.75) is 74.4 Å². The number of rotatable bonds is 6. The van der Waals surface area contributed by atoms with Crippen molar-refractivity contribution in [3.63, 3.8) is 0 Å². The fourth-order valence-electron chi connectivity index (χ4n) is 7.44. The van der Waals surface area contributed by atoms with Crippen LogP contribution in [0.25, 0.3) is 22.2 Å². The summed E-state index contributed by atoms with van der Waals surface area (Å²) in [6.07, 6.45) is 8.38. The van der Waals surface area contributed by atoms with Crippen LogP contribution in [0.2, 0.25) is 0 Å². The van der Waals surface area contributed by atoms with Crippen LogP contribution >= 0.6 is 0 Å². The van der Waals surface area contributed by atoms with E-state index in [9.17, 15) is 22.8 Å². The molecule has 3 aliphatic rings. The van der Waals surface area contributed by atoms with Gasteiger partial charge >= 0.3 is 0 Å². The third kappa shape index (κ3) is 7.77. The zero-order valence-corrected chi connectivity index (χ0v) is 31.2. The van der Waals surface area contributed by atoms with Crippen LogP contribution in [-0.2, 0) is 24.4 Å². The van der Waals surface area contributed by atoms with E-state index in [-0.39, 0.29) is 30.2 Å². The maximum absolute atomic E-state index is 14.2. The van der Waals surface area contributed by atoms with Gasteiger partial charge in [-0.3, -0.25) is 14.4 Å². The number of likely N-dealkylation sites (tertiary alicyclic amines) is 1. The fraction of sp³-hybridized carbons (Fsp3) is 0.366. The van der Waals surface area contributed by atoms with Gasteiger partial charge in [-0.25, -0.2) is 18.1 Å². The molecule has 3 N–H and O–H groups in total. The highest BCUT2D eigenvalue weighted by atomic mass is 32.2. The van der Waals surface area contributed by atoms with E-state index in [1.54, 1.807) is 25.3 Å². The smallest absolute Gasteiger partial charge is 0.266 e. The molecule has 0 radical (unpaired) electrons. The monoisotopic (exact) mass is 751 g/mol.